The molecule has 2 unspecified atom stereocenters. The number of nitrogens with zero attached hydrogens (tertiary/aromatic N) is 1. The SMILES string of the molecule is CCCNC1(C(=O)OC)CCCC1CCN1CCCC1. The van der Waals surface area contributed by atoms with Crippen molar-refractivity contribution in [2.45, 2.75) is 57.4 Å². The molecule has 1 aliphatic carbocycles. The highest BCUT2D eigenvalue weighted by Crippen LogP contribution is 2.39. The van der Waals surface area contributed by atoms with E-state index in [9.17, 15) is 4.79 Å². The van der Waals surface area contributed by atoms with Crippen molar-refractivity contribution in [3.8, 4) is 0 Å². The molecule has 0 spiro atoms. The van der Waals surface area contributed by atoms with Gasteiger partial charge in [0.2, 0.25) is 0 Å². The van der Waals surface area contributed by atoms with Gasteiger partial charge >= 0.3 is 5.97 Å². The summed E-state index contributed by atoms with van der Waals surface area (Å²) in [6.07, 6.45) is 8.06. The highest BCUT2D eigenvalue weighted by Gasteiger charge is 2.49. The number of ether oxygens (including phenoxy) is 1. The topological polar surface area (TPSA) is 41.6 Å². The molecule has 1 N–H and O–H groups in total. The van der Waals surface area contributed by atoms with Gasteiger partial charge in [-0.15, -0.1) is 0 Å². The summed E-state index contributed by atoms with van der Waals surface area (Å²) in [5.74, 6) is 0.386. The summed E-state index contributed by atoms with van der Waals surface area (Å²) in [5.41, 5.74) is -0.412. The second kappa shape index (κ2) is 7.41. The average Bonchev–Trinajstić information content (AvgIpc) is 3.12. The minimum absolute atomic E-state index is 0.0464. The molecule has 1 saturated carbocycles. The van der Waals surface area contributed by atoms with E-state index in [2.05, 4.69) is 17.1 Å². The van der Waals surface area contributed by atoms with Crippen LogP contribution in [0, 0.1) is 5.92 Å². The van der Waals surface area contributed by atoms with Gasteiger partial charge in [-0.25, -0.2) is 0 Å². The summed E-state index contributed by atoms with van der Waals surface area (Å²) in [6, 6.07) is 0. The van der Waals surface area contributed by atoms with Gasteiger partial charge in [-0.1, -0.05) is 13.3 Å². The van der Waals surface area contributed by atoms with Gasteiger partial charge in [0.05, 0.1) is 7.11 Å². The lowest BCUT2D eigenvalue weighted by Crippen LogP contribution is -2.56. The molecular formula is C16H30N2O2. The molecule has 2 aliphatic rings. The van der Waals surface area contributed by atoms with E-state index in [1.54, 1.807) is 0 Å². The molecule has 0 aromatic rings. The Kier molecular flexibility index (Phi) is 5.85. The van der Waals surface area contributed by atoms with Crippen LogP contribution in [0.5, 0.6) is 0 Å². The van der Waals surface area contributed by atoms with Crippen LogP contribution in [0.3, 0.4) is 0 Å². The zero-order valence-electron chi connectivity index (χ0n) is 13.1. The molecule has 1 heterocycles. The van der Waals surface area contributed by atoms with E-state index in [1.807, 2.05) is 0 Å². The van der Waals surface area contributed by atoms with Gasteiger partial charge in [0, 0.05) is 0 Å². The van der Waals surface area contributed by atoms with Crippen LogP contribution in [-0.2, 0) is 9.53 Å². The molecule has 0 radical (unpaired) electrons. The largest absolute Gasteiger partial charge is 0.468 e. The molecule has 2 atom stereocenters. The molecule has 0 aromatic carbocycles. The molecule has 0 aromatic heterocycles. The van der Waals surface area contributed by atoms with E-state index in [0.717, 1.165) is 45.2 Å². The van der Waals surface area contributed by atoms with E-state index in [4.69, 9.17) is 4.74 Å². The molecule has 2 rings (SSSR count). The quantitative estimate of drug-likeness (QED) is 0.727. The molecule has 2 fully saturated rings. The summed E-state index contributed by atoms with van der Waals surface area (Å²) in [4.78, 5) is 14.9. The second-order valence-electron chi connectivity index (χ2n) is 6.32. The number of carbonyl (C=O) groups is 1. The van der Waals surface area contributed by atoms with Gasteiger partial charge in [0.1, 0.15) is 5.54 Å². The monoisotopic (exact) mass is 282 g/mol. The number of hydrogen-bond acceptors (Lipinski definition) is 4. The van der Waals surface area contributed by atoms with E-state index >= 15 is 0 Å². The van der Waals surface area contributed by atoms with Gasteiger partial charge < -0.3 is 15.0 Å². The lowest BCUT2D eigenvalue weighted by Gasteiger charge is -2.34. The second-order valence-corrected chi connectivity index (χ2v) is 6.32. The molecule has 1 aliphatic heterocycles. The maximum absolute atomic E-state index is 12.4. The first-order valence-corrected chi connectivity index (χ1v) is 8.28. The molecular weight excluding hydrogens is 252 g/mol. The Labute approximate surface area is 123 Å². The summed E-state index contributed by atoms with van der Waals surface area (Å²) >= 11 is 0. The van der Waals surface area contributed by atoms with Crippen molar-refractivity contribution < 1.29 is 9.53 Å². The highest BCUT2D eigenvalue weighted by atomic mass is 16.5. The first-order chi connectivity index (χ1) is 9.73. The predicted octanol–water partition coefficient (Wildman–Crippen LogP) is 2.18. The number of methoxy groups -OCH3 is 1. The van der Waals surface area contributed by atoms with Crippen molar-refractivity contribution in [1.82, 2.24) is 10.2 Å². The zero-order chi connectivity index (χ0) is 14.4. The third-order valence-electron chi connectivity index (χ3n) is 5.05. The minimum Gasteiger partial charge on any atom is -0.468 e. The van der Waals surface area contributed by atoms with E-state index in [1.165, 1.54) is 33.0 Å². The fourth-order valence-corrected chi connectivity index (χ4v) is 3.92. The van der Waals surface area contributed by atoms with Crippen molar-refractivity contribution in [2.24, 2.45) is 5.92 Å². The maximum atomic E-state index is 12.4. The highest BCUT2D eigenvalue weighted by molar-refractivity contribution is 5.81. The van der Waals surface area contributed by atoms with Crippen molar-refractivity contribution in [3.05, 3.63) is 0 Å². The average molecular weight is 282 g/mol. The standard InChI is InChI=1S/C16H30N2O2/c1-3-10-17-16(15(19)20-2)9-6-7-14(16)8-13-18-11-4-5-12-18/h14,17H,3-13H2,1-2H3. The minimum atomic E-state index is -0.412. The summed E-state index contributed by atoms with van der Waals surface area (Å²) in [7, 11) is 1.52. The van der Waals surface area contributed by atoms with Crippen LogP contribution >= 0.6 is 0 Å². The van der Waals surface area contributed by atoms with Gasteiger partial charge in [0.25, 0.3) is 0 Å². The fraction of sp³-hybridized carbons (Fsp3) is 0.938. The summed E-state index contributed by atoms with van der Waals surface area (Å²) < 4.78 is 5.12. The molecule has 0 bridgehead atoms. The Morgan fingerprint density at radius 1 is 1.35 bits per heavy atom. The molecule has 1 saturated heterocycles. The maximum Gasteiger partial charge on any atom is 0.326 e. The van der Waals surface area contributed by atoms with Crippen LogP contribution in [0.15, 0.2) is 0 Å². The van der Waals surface area contributed by atoms with Crippen LogP contribution < -0.4 is 5.32 Å². The predicted molar refractivity (Wildman–Crippen MR) is 80.7 cm³/mol. The lowest BCUT2D eigenvalue weighted by molar-refractivity contribution is -0.150. The van der Waals surface area contributed by atoms with Crippen LogP contribution in [0.1, 0.15) is 51.9 Å². The van der Waals surface area contributed by atoms with Crippen LogP contribution in [0.25, 0.3) is 0 Å². The molecule has 20 heavy (non-hydrogen) atoms. The van der Waals surface area contributed by atoms with Crippen LogP contribution in [0.2, 0.25) is 0 Å². The molecule has 4 heteroatoms. The number of nitrogens with one attached hydrogen (secondary N) is 1. The van der Waals surface area contributed by atoms with Crippen molar-refractivity contribution >= 4 is 5.97 Å². The Bertz CT molecular complexity index is 316. The Hall–Kier alpha value is -0.610. The van der Waals surface area contributed by atoms with Crippen molar-refractivity contribution in [2.75, 3.05) is 33.3 Å². The van der Waals surface area contributed by atoms with Gasteiger partial charge in [-0.2, -0.15) is 0 Å². The first-order valence-electron chi connectivity index (χ1n) is 8.28. The van der Waals surface area contributed by atoms with Gasteiger partial charge in [-0.05, 0) is 70.6 Å². The number of rotatable bonds is 7. The Morgan fingerprint density at radius 2 is 2.10 bits per heavy atom. The van der Waals surface area contributed by atoms with Crippen molar-refractivity contribution in [3.63, 3.8) is 0 Å². The third-order valence-corrected chi connectivity index (χ3v) is 5.05. The molecule has 116 valence electrons. The smallest absolute Gasteiger partial charge is 0.326 e. The first kappa shape index (κ1) is 15.8. The summed E-state index contributed by atoms with van der Waals surface area (Å²) in [5, 5.41) is 3.53. The number of likely N-dealkylation sites (tertiary alicyclic amines) is 1. The fourth-order valence-electron chi connectivity index (χ4n) is 3.92. The normalized spacial score (nSPS) is 30.8. The number of hydrogen-bond donors (Lipinski definition) is 1. The zero-order valence-corrected chi connectivity index (χ0v) is 13.1. The van der Waals surface area contributed by atoms with E-state index in [0.29, 0.717) is 5.92 Å². The third kappa shape index (κ3) is 3.34. The van der Waals surface area contributed by atoms with Crippen LogP contribution in [0.4, 0.5) is 0 Å². The Morgan fingerprint density at radius 3 is 2.75 bits per heavy atom. The van der Waals surface area contributed by atoms with E-state index in [-0.39, 0.29) is 5.97 Å². The van der Waals surface area contributed by atoms with Crippen LogP contribution in [-0.4, -0.2) is 49.7 Å². The Balaban J connectivity index is 1.97. The van der Waals surface area contributed by atoms with Gasteiger partial charge in [-0.3, -0.25) is 4.79 Å². The van der Waals surface area contributed by atoms with E-state index < -0.39 is 5.54 Å². The van der Waals surface area contributed by atoms with Crippen molar-refractivity contribution in [1.29, 1.82) is 0 Å². The lowest BCUT2D eigenvalue weighted by atomic mass is 9.84. The number of esters is 1. The summed E-state index contributed by atoms with van der Waals surface area (Å²) in [6.45, 7) is 6.65. The molecule has 0 amide bonds. The van der Waals surface area contributed by atoms with Gasteiger partial charge in [0.15, 0.2) is 0 Å². The number of carbonyl (C=O) groups excluding carboxylic acids is 1. The molecule has 4 nitrogen and oxygen atoms in total.